The third-order valence-corrected chi connectivity index (χ3v) is 5.94. The first-order valence-corrected chi connectivity index (χ1v) is 11.4. The maximum atomic E-state index is 13.5. The van der Waals surface area contributed by atoms with Gasteiger partial charge in [-0.25, -0.2) is 9.37 Å². The van der Waals surface area contributed by atoms with Gasteiger partial charge in [0.1, 0.15) is 18.1 Å². The van der Waals surface area contributed by atoms with Crippen molar-refractivity contribution in [3.63, 3.8) is 0 Å². The molecule has 6 nitrogen and oxygen atoms in total. The molecule has 1 atom stereocenters. The number of rotatable bonds is 7. The van der Waals surface area contributed by atoms with Crippen LogP contribution in [0.5, 0.6) is 0 Å². The molecule has 3 aromatic rings. The minimum absolute atomic E-state index is 0.0228. The Hall–Kier alpha value is -3.10. The Morgan fingerprint density at radius 2 is 1.94 bits per heavy atom. The fraction of sp³-hybridized carbons (Fsp3) is 0.292. The predicted molar refractivity (Wildman–Crippen MR) is 120 cm³/mol. The fourth-order valence-corrected chi connectivity index (χ4v) is 4.21. The molecule has 166 valence electrons. The number of carbonyl (C=O) groups is 2. The molecule has 0 radical (unpaired) electrons. The summed E-state index contributed by atoms with van der Waals surface area (Å²) >= 11 is 1.33. The molecular formula is C24H24FN3O3S. The summed E-state index contributed by atoms with van der Waals surface area (Å²) < 4.78 is 19.6. The molecule has 0 N–H and O–H groups in total. The topological polar surface area (TPSA) is 62.7 Å². The SMILES string of the molecule is O=C1CN(C(=O)c2cscn2)C[C@@H](OCc2cccc(F)c2)CN1CCc1ccccc1. The minimum Gasteiger partial charge on any atom is -0.370 e. The van der Waals surface area contributed by atoms with Crippen LogP contribution < -0.4 is 0 Å². The Balaban J connectivity index is 1.48. The molecule has 1 aliphatic heterocycles. The van der Waals surface area contributed by atoms with Crippen molar-refractivity contribution in [2.75, 3.05) is 26.2 Å². The molecule has 1 aliphatic rings. The third kappa shape index (κ3) is 5.77. The van der Waals surface area contributed by atoms with Gasteiger partial charge in [0.25, 0.3) is 5.91 Å². The Bertz CT molecular complexity index is 1050. The first-order valence-electron chi connectivity index (χ1n) is 10.4. The van der Waals surface area contributed by atoms with E-state index in [4.69, 9.17) is 4.74 Å². The molecule has 1 aromatic heterocycles. The lowest BCUT2D eigenvalue weighted by atomic mass is 10.1. The van der Waals surface area contributed by atoms with Crippen LogP contribution in [0.2, 0.25) is 0 Å². The summed E-state index contributed by atoms with van der Waals surface area (Å²) in [4.78, 5) is 33.2. The third-order valence-electron chi connectivity index (χ3n) is 5.35. The highest BCUT2D eigenvalue weighted by molar-refractivity contribution is 7.07. The summed E-state index contributed by atoms with van der Waals surface area (Å²) in [6.07, 6.45) is 0.312. The summed E-state index contributed by atoms with van der Waals surface area (Å²) in [5.74, 6) is -0.739. The smallest absolute Gasteiger partial charge is 0.273 e. The second-order valence-electron chi connectivity index (χ2n) is 7.70. The molecule has 0 spiro atoms. The summed E-state index contributed by atoms with van der Waals surface area (Å²) in [6, 6.07) is 16.2. The monoisotopic (exact) mass is 453 g/mol. The molecule has 2 heterocycles. The number of hydrogen-bond acceptors (Lipinski definition) is 5. The molecule has 8 heteroatoms. The van der Waals surface area contributed by atoms with Crippen molar-refractivity contribution in [1.82, 2.24) is 14.8 Å². The van der Waals surface area contributed by atoms with Gasteiger partial charge in [-0.1, -0.05) is 42.5 Å². The Labute approximate surface area is 190 Å². The lowest BCUT2D eigenvalue weighted by molar-refractivity contribution is -0.131. The summed E-state index contributed by atoms with van der Waals surface area (Å²) in [5, 5.41) is 1.67. The van der Waals surface area contributed by atoms with Crippen LogP contribution in [0.3, 0.4) is 0 Å². The van der Waals surface area contributed by atoms with Crippen molar-refractivity contribution >= 4 is 23.2 Å². The fourth-order valence-electron chi connectivity index (χ4n) is 3.68. The van der Waals surface area contributed by atoms with Gasteiger partial charge in [-0.15, -0.1) is 11.3 Å². The normalized spacial score (nSPS) is 16.8. The van der Waals surface area contributed by atoms with E-state index in [0.717, 1.165) is 5.56 Å². The average Bonchev–Trinajstić information content (AvgIpc) is 3.29. The van der Waals surface area contributed by atoms with Crippen LogP contribution in [0, 0.1) is 5.82 Å². The van der Waals surface area contributed by atoms with Crippen molar-refractivity contribution in [3.05, 3.63) is 88.1 Å². The number of ether oxygens (including phenoxy) is 1. The van der Waals surface area contributed by atoms with Crippen LogP contribution in [0.1, 0.15) is 21.6 Å². The number of benzene rings is 2. The quantitative estimate of drug-likeness (QED) is 0.550. The van der Waals surface area contributed by atoms with E-state index in [1.807, 2.05) is 30.3 Å². The highest BCUT2D eigenvalue weighted by atomic mass is 32.1. The number of carbonyl (C=O) groups excluding carboxylic acids is 2. The summed E-state index contributed by atoms with van der Waals surface area (Å²) in [7, 11) is 0. The van der Waals surface area contributed by atoms with E-state index in [-0.39, 0.29) is 37.3 Å². The van der Waals surface area contributed by atoms with Crippen molar-refractivity contribution in [3.8, 4) is 0 Å². The first kappa shape index (κ1) is 22.1. The van der Waals surface area contributed by atoms with Gasteiger partial charge in [0.15, 0.2) is 0 Å². The van der Waals surface area contributed by atoms with Crippen molar-refractivity contribution in [1.29, 1.82) is 0 Å². The molecule has 2 aromatic carbocycles. The number of amides is 2. The first-order chi connectivity index (χ1) is 15.6. The Morgan fingerprint density at radius 3 is 2.69 bits per heavy atom. The zero-order chi connectivity index (χ0) is 22.3. The maximum absolute atomic E-state index is 13.5. The molecule has 1 fully saturated rings. The van der Waals surface area contributed by atoms with Gasteiger partial charge >= 0.3 is 0 Å². The minimum atomic E-state index is -0.400. The van der Waals surface area contributed by atoms with E-state index in [1.54, 1.807) is 27.9 Å². The zero-order valence-electron chi connectivity index (χ0n) is 17.5. The van der Waals surface area contributed by atoms with Crippen LogP contribution >= 0.6 is 11.3 Å². The van der Waals surface area contributed by atoms with E-state index >= 15 is 0 Å². The lowest BCUT2D eigenvalue weighted by Crippen LogP contribution is -2.40. The number of nitrogens with zero attached hydrogens (tertiary/aromatic N) is 3. The van der Waals surface area contributed by atoms with E-state index in [2.05, 4.69) is 4.98 Å². The van der Waals surface area contributed by atoms with Crippen LogP contribution in [0.4, 0.5) is 4.39 Å². The van der Waals surface area contributed by atoms with E-state index in [0.29, 0.717) is 30.8 Å². The van der Waals surface area contributed by atoms with Crippen molar-refractivity contribution in [2.24, 2.45) is 0 Å². The van der Waals surface area contributed by atoms with Crippen LogP contribution in [-0.2, 0) is 22.6 Å². The van der Waals surface area contributed by atoms with E-state index in [9.17, 15) is 14.0 Å². The molecule has 1 saturated heterocycles. The molecule has 32 heavy (non-hydrogen) atoms. The van der Waals surface area contributed by atoms with E-state index in [1.165, 1.54) is 28.4 Å². The predicted octanol–water partition coefficient (Wildman–Crippen LogP) is 3.39. The highest BCUT2D eigenvalue weighted by Crippen LogP contribution is 2.15. The molecular weight excluding hydrogens is 429 g/mol. The van der Waals surface area contributed by atoms with Gasteiger partial charge in [-0.2, -0.15) is 0 Å². The molecule has 2 amide bonds. The van der Waals surface area contributed by atoms with Gasteiger partial charge in [0.2, 0.25) is 5.91 Å². The summed E-state index contributed by atoms with van der Waals surface area (Å²) in [5.41, 5.74) is 3.76. The highest BCUT2D eigenvalue weighted by Gasteiger charge is 2.31. The summed E-state index contributed by atoms with van der Waals surface area (Å²) in [6.45, 7) is 1.33. The second-order valence-corrected chi connectivity index (χ2v) is 8.42. The van der Waals surface area contributed by atoms with Gasteiger partial charge in [0.05, 0.1) is 18.2 Å². The number of aromatic nitrogens is 1. The van der Waals surface area contributed by atoms with E-state index < -0.39 is 6.10 Å². The lowest BCUT2D eigenvalue weighted by Gasteiger charge is -2.25. The van der Waals surface area contributed by atoms with Gasteiger partial charge in [-0.3, -0.25) is 9.59 Å². The van der Waals surface area contributed by atoms with Crippen LogP contribution in [-0.4, -0.2) is 58.9 Å². The molecule has 0 bridgehead atoms. The number of hydrogen-bond donors (Lipinski definition) is 0. The second kappa shape index (κ2) is 10.5. The van der Waals surface area contributed by atoms with Crippen LogP contribution in [0.25, 0.3) is 0 Å². The standard InChI is InChI=1S/C24H24FN3O3S/c25-20-8-4-7-19(11-20)15-31-21-12-27(10-9-18-5-2-1-3-6-18)23(29)14-28(13-21)24(30)22-16-32-17-26-22/h1-8,11,16-17,21H,9-10,12-15H2/t21-/m0/s1. The van der Waals surface area contributed by atoms with Crippen molar-refractivity contribution in [2.45, 2.75) is 19.1 Å². The molecule has 0 unspecified atom stereocenters. The van der Waals surface area contributed by atoms with Gasteiger partial charge < -0.3 is 14.5 Å². The van der Waals surface area contributed by atoms with Crippen molar-refractivity contribution < 1.29 is 18.7 Å². The maximum Gasteiger partial charge on any atom is 0.273 e. The van der Waals surface area contributed by atoms with Gasteiger partial charge in [-0.05, 0) is 29.7 Å². The average molecular weight is 454 g/mol. The number of thiazole rings is 1. The Morgan fingerprint density at radius 1 is 1.12 bits per heavy atom. The van der Waals surface area contributed by atoms with Crippen LogP contribution in [0.15, 0.2) is 65.5 Å². The molecule has 0 aliphatic carbocycles. The molecule has 0 saturated carbocycles. The number of halogens is 1. The van der Waals surface area contributed by atoms with Gasteiger partial charge in [0, 0.05) is 25.0 Å². The Kier molecular flexibility index (Phi) is 7.24. The largest absolute Gasteiger partial charge is 0.370 e. The zero-order valence-corrected chi connectivity index (χ0v) is 18.3. The molecule has 4 rings (SSSR count).